The first kappa shape index (κ1) is 13.6. The van der Waals surface area contributed by atoms with Crippen LogP contribution in [0.2, 0.25) is 0 Å². The Kier molecular flexibility index (Phi) is 4.44. The van der Waals surface area contributed by atoms with Crippen LogP contribution >= 0.6 is 15.9 Å². The van der Waals surface area contributed by atoms with Crippen LogP contribution in [0.25, 0.3) is 0 Å². The number of hydrogen-bond acceptors (Lipinski definition) is 2. The van der Waals surface area contributed by atoms with E-state index in [0.29, 0.717) is 0 Å². The average molecular weight is 311 g/mol. The number of ether oxygens (including phenoxy) is 1. The minimum absolute atomic E-state index is 0.213. The highest BCUT2D eigenvalue weighted by Gasteiger charge is 2.22. The Hall–Kier alpha value is -0.830. The van der Waals surface area contributed by atoms with Crippen LogP contribution in [0.3, 0.4) is 0 Å². The summed E-state index contributed by atoms with van der Waals surface area (Å²) in [5, 5.41) is 0. The molecule has 2 nitrogen and oxygen atoms in total. The van der Waals surface area contributed by atoms with Crippen molar-refractivity contribution in [2.45, 2.75) is 39.5 Å². The summed E-state index contributed by atoms with van der Waals surface area (Å²) in [6.45, 7) is 4.27. The lowest BCUT2D eigenvalue weighted by Crippen LogP contribution is -2.19. The summed E-state index contributed by atoms with van der Waals surface area (Å²) < 4.78 is 6.73. The quantitative estimate of drug-likeness (QED) is 0.833. The fourth-order valence-electron chi connectivity index (χ4n) is 2.51. The van der Waals surface area contributed by atoms with Gasteiger partial charge in [-0.3, -0.25) is 4.79 Å². The van der Waals surface area contributed by atoms with E-state index >= 15 is 0 Å². The molecule has 98 valence electrons. The standard InChI is InChI=1S/C15H19BrO2/c1-10-7-13(8-11(2)15(10)16)18-9-14(17)12-5-3-4-6-12/h7-8,12H,3-6,9H2,1-2H3. The van der Waals surface area contributed by atoms with Gasteiger partial charge in [-0.15, -0.1) is 0 Å². The van der Waals surface area contributed by atoms with Gasteiger partial charge in [0.1, 0.15) is 12.4 Å². The van der Waals surface area contributed by atoms with Crippen molar-refractivity contribution >= 4 is 21.7 Å². The molecule has 0 heterocycles. The number of hydrogen-bond donors (Lipinski definition) is 0. The maximum Gasteiger partial charge on any atom is 0.173 e. The minimum atomic E-state index is 0.213. The summed E-state index contributed by atoms with van der Waals surface area (Å²) in [5.74, 6) is 1.29. The minimum Gasteiger partial charge on any atom is -0.486 e. The van der Waals surface area contributed by atoms with E-state index in [0.717, 1.165) is 34.2 Å². The summed E-state index contributed by atoms with van der Waals surface area (Å²) in [6, 6.07) is 3.94. The lowest BCUT2D eigenvalue weighted by Gasteiger charge is -2.12. The van der Waals surface area contributed by atoms with Crippen LogP contribution in [0.4, 0.5) is 0 Å². The van der Waals surface area contributed by atoms with E-state index in [9.17, 15) is 4.79 Å². The van der Waals surface area contributed by atoms with Crippen molar-refractivity contribution in [1.82, 2.24) is 0 Å². The molecule has 0 saturated heterocycles. The van der Waals surface area contributed by atoms with E-state index in [2.05, 4.69) is 15.9 Å². The predicted molar refractivity (Wildman–Crippen MR) is 76.1 cm³/mol. The molecule has 1 aliphatic rings. The first-order chi connectivity index (χ1) is 8.58. The number of carbonyl (C=O) groups excluding carboxylic acids is 1. The van der Waals surface area contributed by atoms with Gasteiger partial charge in [0, 0.05) is 10.4 Å². The molecular formula is C15H19BrO2. The lowest BCUT2D eigenvalue weighted by atomic mass is 10.0. The monoisotopic (exact) mass is 310 g/mol. The van der Waals surface area contributed by atoms with Crippen molar-refractivity contribution in [2.75, 3.05) is 6.61 Å². The van der Waals surface area contributed by atoms with Crippen LogP contribution in [0.1, 0.15) is 36.8 Å². The molecule has 0 aliphatic heterocycles. The molecule has 0 amide bonds. The molecule has 1 aromatic carbocycles. The number of halogens is 1. The van der Waals surface area contributed by atoms with Crippen molar-refractivity contribution in [1.29, 1.82) is 0 Å². The third-order valence-corrected chi connectivity index (χ3v) is 4.85. The van der Waals surface area contributed by atoms with Crippen LogP contribution in [-0.2, 0) is 4.79 Å². The van der Waals surface area contributed by atoms with Gasteiger partial charge in [-0.2, -0.15) is 0 Å². The highest BCUT2D eigenvalue weighted by molar-refractivity contribution is 9.10. The van der Waals surface area contributed by atoms with Gasteiger partial charge in [0.05, 0.1) is 0 Å². The second kappa shape index (κ2) is 5.87. The number of carbonyl (C=O) groups is 1. The molecule has 3 heteroatoms. The van der Waals surface area contributed by atoms with Crippen molar-refractivity contribution in [3.63, 3.8) is 0 Å². The second-order valence-electron chi connectivity index (χ2n) is 5.11. The second-order valence-corrected chi connectivity index (χ2v) is 5.90. The zero-order valence-electron chi connectivity index (χ0n) is 11.0. The van der Waals surface area contributed by atoms with Crippen LogP contribution in [0.15, 0.2) is 16.6 Å². The average Bonchev–Trinajstić information content (AvgIpc) is 2.86. The smallest absolute Gasteiger partial charge is 0.173 e. The summed E-state index contributed by atoms with van der Waals surface area (Å²) in [6.07, 6.45) is 4.46. The Bertz CT molecular complexity index is 425. The van der Waals surface area contributed by atoms with E-state index < -0.39 is 0 Å². The Morgan fingerprint density at radius 1 is 1.28 bits per heavy atom. The number of benzene rings is 1. The SMILES string of the molecule is Cc1cc(OCC(=O)C2CCCC2)cc(C)c1Br. The maximum atomic E-state index is 11.9. The van der Waals surface area contributed by atoms with Crippen LogP contribution in [-0.4, -0.2) is 12.4 Å². The molecule has 1 aromatic rings. The number of ketones is 1. The molecular weight excluding hydrogens is 292 g/mol. The molecule has 1 aliphatic carbocycles. The van der Waals surface area contributed by atoms with Gasteiger partial charge >= 0.3 is 0 Å². The Balaban J connectivity index is 1.95. The number of Topliss-reactive ketones (excluding diaryl/α,β-unsaturated/α-hetero) is 1. The third-order valence-electron chi connectivity index (χ3n) is 3.60. The van der Waals surface area contributed by atoms with Gasteiger partial charge in [-0.25, -0.2) is 0 Å². The molecule has 1 saturated carbocycles. The van der Waals surface area contributed by atoms with E-state index in [1.54, 1.807) is 0 Å². The zero-order valence-corrected chi connectivity index (χ0v) is 12.5. The van der Waals surface area contributed by atoms with Crippen LogP contribution < -0.4 is 4.74 Å². The highest BCUT2D eigenvalue weighted by atomic mass is 79.9. The van der Waals surface area contributed by atoms with Crippen LogP contribution in [0, 0.1) is 19.8 Å². The molecule has 0 bridgehead atoms. The van der Waals surface area contributed by atoms with Gasteiger partial charge in [0.25, 0.3) is 0 Å². The summed E-state index contributed by atoms with van der Waals surface area (Å²) >= 11 is 3.52. The molecule has 18 heavy (non-hydrogen) atoms. The van der Waals surface area contributed by atoms with Gasteiger partial charge in [-0.05, 0) is 49.9 Å². The predicted octanol–water partition coefficient (Wildman–Crippen LogP) is 4.20. The molecule has 0 spiro atoms. The van der Waals surface area contributed by atoms with Gasteiger partial charge in [0.15, 0.2) is 5.78 Å². The fraction of sp³-hybridized carbons (Fsp3) is 0.533. The van der Waals surface area contributed by atoms with E-state index in [4.69, 9.17) is 4.74 Å². The van der Waals surface area contributed by atoms with Gasteiger partial charge in [-0.1, -0.05) is 28.8 Å². The number of aryl methyl sites for hydroxylation is 2. The lowest BCUT2D eigenvalue weighted by molar-refractivity contribution is -0.124. The molecule has 2 rings (SSSR count). The van der Waals surface area contributed by atoms with Gasteiger partial charge in [0.2, 0.25) is 0 Å². The third kappa shape index (κ3) is 3.14. The van der Waals surface area contributed by atoms with E-state index in [1.165, 1.54) is 12.8 Å². The topological polar surface area (TPSA) is 26.3 Å². The van der Waals surface area contributed by atoms with Crippen molar-refractivity contribution in [3.8, 4) is 5.75 Å². The summed E-state index contributed by atoms with van der Waals surface area (Å²) in [5.41, 5.74) is 2.27. The van der Waals surface area contributed by atoms with Crippen molar-refractivity contribution < 1.29 is 9.53 Å². The molecule has 0 unspecified atom stereocenters. The van der Waals surface area contributed by atoms with Crippen molar-refractivity contribution in [3.05, 3.63) is 27.7 Å². The Morgan fingerprint density at radius 3 is 2.39 bits per heavy atom. The molecule has 1 fully saturated rings. The van der Waals surface area contributed by atoms with Gasteiger partial charge < -0.3 is 4.74 Å². The molecule has 0 radical (unpaired) electrons. The fourth-order valence-corrected chi connectivity index (χ4v) is 2.74. The zero-order chi connectivity index (χ0) is 13.1. The summed E-state index contributed by atoms with van der Waals surface area (Å²) in [7, 11) is 0. The largest absolute Gasteiger partial charge is 0.486 e. The maximum absolute atomic E-state index is 11.9. The molecule has 0 aromatic heterocycles. The Labute approximate surface area is 117 Å². The highest BCUT2D eigenvalue weighted by Crippen LogP contribution is 2.28. The van der Waals surface area contributed by atoms with Crippen LogP contribution in [0.5, 0.6) is 5.75 Å². The molecule has 0 atom stereocenters. The first-order valence-corrected chi connectivity index (χ1v) is 7.29. The van der Waals surface area contributed by atoms with E-state index in [1.807, 2.05) is 26.0 Å². The molecule has 0 N–H and O–H groups in total. The van der Waals surface area contributed by atoms with Crippen molar-refractivity contribution in [2.24, 2.45) is 5.92 Å². The first-order valence-electron chi connectivity index (χ1n) is 6.50. The number of rotatable bonds is 4. The van der Waals surface area contributed by atoms with E-state index in [-0.39, 0.29) is 18.3 Å². The Morgan fingerprint density at radius 2 is 1.83 bits per heavy atom. The summed E-state index contributed by atoms with van der Waals surface area (Å²) in [4.78, 5) is 11.9. The normalized spacial score (nSPS) is 15.9.